The smallest absolute Gasteiger partial charge is 0.322 e. The number of rotatable bonds is 4. The predicted molar refractivity (Wildman–Crippen MR) is 61.7 cm³/mol. The zero-order valence-corrected chi connectivity index (χ0v) is 10.5. The molecule has 0 unspecified atom stereocenters. The van der Waals surface area contributed by atoms with E-state index >= 15 is 0 Å². The van der Waals surface area contributed by atoms with Gasteiger partial charge < -0.3 is 10.6 Å². The highest BCUT2D eigenvalue weighted by atomic mass is 79.9. The van der Waals surface area contributed by atoms with E-state index in [9.17, 15) is 22.4 Å². The number of carbonyl (C=O) groups is 1. The van der Waals surface area contributed by atoms with Gasteiger partial charge in [-0.1, -0.05) is 15.9 Å². The maximum absolute atomic E-state index is 13.3. The van der Waals surface area contributed by atoms with Crippen molar-refractivity contribution in [3.63, 3.8) is 0 Å². The average Bonchev–Trinajstić information content (AvgIpc) is 2.20. The third-order valence-electron chi connectivity index (χ3n) is 1.82. The molecule has 0 aliphatic heterocycles. The molecule has 2 N–H and O–H groups in total. The summed E-state index contributed by atoms with van der Waals surface area (Å²) in [5, 5.41) is 4.07. The molecule has 1 amide bonds. The van der Waals surface area contributed by atoms with E-state index in [1.165, 1.54) is 12.1 Å². The third-order valence-corrected chi connectivity index (χ3v) is 2.31. The van der Waals surface area contributed by atoms with Crippen molar-refractivity contribution in [2.75, 3.05) is 18.4 Å². The largest absolute Gasteiger partial charge is 0.401 e. The van der Waals surface area contributed by atoms with E-state index in [1.54, 1.807) is 0 Å². The van der Waals surface area contributed by atoms with Crippen molar-refractivity contribution in [1.29, 1.82) is 0 Å². The molecule has 8 heteroatoms. The van der Waals surface area contributed by atoms with Gasteiger partial charge in [0, 0.05) is 4.47 Å². The molecular weight excluding hydrogens is 320 g/mol. The van der Waals surface area contributed by atoms with Crippen molar-refractivity contribution < 1.29 is 22.4 Å². The van der Waals surface area contributed by atoms with Crippen LogP contribution in [0.4, 0.5) is 23.2 Å². The molecule has 0 bridgehead atoms. The molecule has 0 aliphatic rings. The summed E-state index contributed by atoms with van der Waals surface area (Å²) in [6.07, 6.45) is -4.39. The molecule has 0 aliphatic carbocycles. The van der Waals surface area contributed by atoms with Gasteiger partial charge in [-0.3, -0.25) is 4.79 Å². The first kappa shape index (κ1) is 14.9. The molecule has 0 fully saturated rings. The lowest BCUT2D eigenvalue weighted by molar-refractivity contribution is -0.126. The number of hydrogen-bond donors (Lipinski definition) is 2. The van der Waals surface area contributed by atoms with Crippen molar-refractivity contribution in [3.05, 3.63) is 28.5 Å². The molecule has 100 valence electrons. The Morgan fingerprint density at radius 3 is 2.56 bits per heavy atom. The first-order chi connectivity index (χ1) is 8.28. The minimum absolute atomic E-state index is 0.0861. The maximum Gasteiger partial charge on any atom is 0.401 e. The number of nitrogens with one attached hydrogen (secondary N) is 2. The highest BCUT2D eigenvalue weighted by Crippen LogP contribution is 2.19. The quantitative estimate of drug-likeness (QED) is 0.834. The second kappa shape index (κ2) is 6.14. The first-order valence-electron chi connectivity index (χ1n) is 4.80. The van der Waals surface area contributed by atoms with Crippen molar-refractivity contribution in [2.45, 2.75) is 6.18 Å². The minimum Gasteiger partial charge on any atom is -0.322 e. The fourth-order valence-electron chi connectivity index (χ4n) is 1.10. The number of benzene rings is 1. The van der Waals surface area contributed by atoms with Crippen LogP contribution in [0.25, 0.3) is 0 Å². The van der Waals surface area contributed by atoms with E-state index in [0.29, 0.717) is 4.47 Å². The standard InChI is InChI=1S/C10H9BrF4N2O/c11-6-1-2-8(7(12)3-6)17-9(18)4-16-5-10(13,14)15/h1-3,16H,4-5H2,(H,17,18). The highest BCUT2D eigenvalue weighted by Gasteiger charge is 2.26. The summed E-state index contributed by atoms with van der Waals surface area (Å²) in [6, 6.07) is 3.95. The van der Waals surface area contributed by atoms with Crippen LogP contribution in [0.5, 0.6) is 0 Å². The second-order valence-electron chi connectivity index (χ2n) is 3.39. The Hall–Kier alpha value is -1.15. The molecule has 0 saturated carbocycles. The maximum atomic E-state index is 13.3. The van der Waals surface area contributed by atoms with Gasteiger partial charge in [-0.25, -0.2) is 4.39 Å². The Labute approximate surface area is 109 Å². The molecule has 0 heterocycles. The molecule has 0 radical (unpaired) electrons. The van der Waals surface area contributed by atoms with Gasteiger partial charge in [-0.15, -0.1) is 0 Å². The lowest BCUT2D eigenvalue weighted by atomic mass is 10.3. The monoisotopic (exact) mass is 328 g/mol. The zero-order chi connectivity index (χ0) is 13.8. The van der Waals surface area contributed by atoms with Crippen LogP contribution < -0.4 is 10.6 Å². The Morgan fingerprint density at radius 1 is 1.33 bits per heavy atom. The van der Waals surface area contributed by atoms with Crippen LogP contribution in [-0.2, 0) is 4.79 Å². The molecule has 0 atom stereocenters. The summed E-state index contributed by atoms with van der Waals surface area (Å²) < 4.78 is 49.1. The number of halogens is 5. The van der Waals surface area contributed by atoms with Crippen LogP contribution in [0.2, 0.25) is 0 Å². The van der Waals surface area contributed by atoms with Crippen molar-refractivity contribution in [2.24, 2.45) is 0 Å². The summed E-state index contributed by atoms with van der Waals surface area (Å²) in [4.78, 5) is 11.2. The zero-order valence-electron chi connectivity index (χ0n) is 8.94. The van der Waals surface area contributed by atoms with E-state index in [0.717, 1.165) is 6.07 Å². The second-order valence-corrected chi connectivity index (χ2v) is 4.31. The lowest BCUT2D eigenvalue weighted by Gasteiger charge is -2.09. The normalized spacial score (nSPS) is 11.4. The van der Waals surface area contributed by atoms with Crippen LogP contribution in [0.1, 0.15) is 0 Å². The van der Waals surface area contributed by atoms with Gasteiger partial charge in [0.1, 0.15) is 5.82 Å². The van der Waals surface area contributed by atoms with E-state index in [2.05, 4.69) is 21.2 Å². The van der Waals surface area contributed by atoms with Crippen LogP contribution in [0.3, 0.4) is 0 Å². The average molecular weight is 329 g/mol. The molecule has 1 rings (SSSR count). The summed E-state index contributed by atoms with van der Waals surface area (Å²) in [7, 11) is 0. The van der Waals surface area contributed by atoms with Gasteiger partial charge in [0.25, 0.3) is 0 Å². The fourth-order valence-corrected chi connectivity index (χ4v) is 1.44. The Balaban J connectivity index is 2.45. The summed E-state index contributed by atoms with van der Waals surface area (Å²) in [5.41, 5.74) is -0.0861. The lowest BCUT2D eigenvalue weighted by Crippen LogP contribution is -2.35. The van der Waals surface area contributed by atoms with Gasteiger partial charge in [-0.2, -0.15) is 13.2 Å². The van der Waals surface area contributed by atoms with Crippen LogP contribution in [0, 0.1) is 5.82 Å². The van der Waals surface area contributed by atoms with Crippen LogP contribution in [-0.4, -0.2) is 25.2 Å². The molecule has 1 aromatic carbocycles. The fraction of sp³-hybridized carbons (Fsp3) is 0.300. The summed E-state index contributed by atoms with van der Waals surface area (Å²) in [6.45, 7) is -1.82. The Kier molecular flexibility index (Phi) is 5.09. The molecule has 1 aromatic rings. The SMILES string of the molecule is O=C(CNCC(F)(F)F)Nc1ccc(Br)cc1F. The van der Waals surface area contributed by atoms with E-state index in [4.69, 9.17) is 0 Å². The van der Waals surface area contributed by atoms with Crippen molar-refractivity contribution in [3.8, 4) is 0 Å². The number of hydrogen-bond acceptors (Lipinski definition) is 2. The minimum atomic E-state index is -4.39. The molecule has 3 nitrogen and oxygen atoms in total. The Morgan fingerprint density at radius 2 is 2.00 bits per heavy atom. The number of carbonyl (C=O) groups excluding carboxylic acids is 1. The third kappa shape index (κ3) is 5.46. The van der Waals surface area contributed by atoms with Crippen LogP contribution >= 0.6 is 15.9 Å². The predicted octanol–water partition coefficient (Wildman–Crippen LogP) is 2.68. The molecule has 0 saturated heterocycles. The van der Waals surface area contributed by atoms with E-state index in [-0.39, 0.29) is 5.69 Å². The first-order valence-corrected chi connectivity index (χ1v) is 5.59. The Bertz CT molecular complexity index is 436. The van der Waals surface area contributed by atoms with Gasteiger partial charge in [0.15, 0.2) is 0 Å². The van der Waals surface area contributed by atoms with E-state index in [1.807, 2.05) is 5.32 Å². The van der Waals surface area contributed by atoms with Crippen LogP contribution in [0.15, 0.2) is 22.7 Å². The van der Waals surface area contributed by atoms with Crippen molar-refractivity contribution in [1.82, 2.24) is 5.32 Å². The number of amides is 1. The highest BCUT2D eigenvalue weighted by molar-refractivity contribution is 9.10. The van der Waals surface area contributed by atoms with Gasteiger partial charge in [0.05, 0.1) is 18.8 Å². The van der Waals surface area contributed by atoms with Gasteiger partial charge >= 0.3 is 6.18 Å². The molecule has 18 heavy (non-hydrogen) atoms. The topological polar surface area (TPSA) is 41.1 Å². The van der Waals surface area contributed by atoms with Gasteiger partial charge in [0.2, 0.25) is 5.91 Å². The molecular formula is C10H9BrF4N2O. The molecule has 0 spiro atoms. The summed E-state index contributed by atoms with van der Waals surface area (Å²) in [5.74, 6) is -1.42. The van der Waals surface area contributed by atoms with Gasteiger partial charge in [-0.05, 0) is 18.2 Å². The number of alkyl halides is 3. The summed E-state index contributed by atoms with van der Waals surface area (Å²) >= 11 is 3.04. The van der Waals surface area contributed by atoms with Crippen molar-refractivity contribution >= 4 is 27.5 Å². The molecule has 0 aromatic heterocycles. The van der Waals surface area contributed by atoms with E-state index < -0.39 is 31.0 Å². The number of anilines is 1.